The largest absolute Gasteiger partial charge is 0.257 e. The third-order valence-electron chi connectivity index (χ3n) is 3.24. The molecule has 0 aliphatic carbocycles. The maximum absolute atomic E-state index is 12.9. The lowest BCUT2D eigenvalue weighted by molar-refractivity contribution is 0.599. The van der Waals surface area contributed by atoms with E-state index >= 15 is 0 Å². The predicted molar refractivity (Wildman–Crippen MR) is 92.7 cm³/mol. The van der Waals surface area contributed by atoms with Crippen LogP contribution in [0.2, 0.25) is 0 Å². The van der Waals surface area contributed by atoms with Crippen molar-refractivity contribution in [2.75, 3.05) is 4.72 Å². The molecule has 0 aliphatic rings. The van der Waals surface area contributed by atoms with Gasteiger partial charge in [0.1, 0.15) is 10.8 Å². The Balaban J connectivity index is 1.73. The van der Waals surface area contributed by atoms with E-state index in [4.69, 9.17) is 0 Å². The topological polar surface area (TPSA) is 72.0 Å². The minimum absolute atomic E-state index is 0.202. The van der Waals surface area contributed by atoms with Gasteiger partial charge in [0, 0.05) is 5.56 Å². The van der Waals surface area contributed by atoms with E-state index in [1.165, 1.54) is 24.3 Å². The van der Waals surface area contributed by atoms with Gasteiger partial charge in [-0.05, 0) is 24.6 Å². The van der Waals surface area contributed by atoms with E-state index in [1.54, 1.807) is 0 Å². The number of anilines is 1. The lowest BCUT2D eigenvalue weighted by Gasteiger charge is -2.04. The first-order valence-electron chi connectivity index (χ1n) is 7.07. The summed E-state index contributed by atoms with van der Waals surface area (Å²) in [5, 5.41) is 8.72. The Kier molecular flexibility index (Phi) is 4.59. The minimum Gasteiger partial charge on any atom is -0.257 e. The number of hydrogen-bond donors (Lipinski definition) is 1. The smallest absolute Gasteiger partial charge is 0.238 e. The summed E-state index contributed by atoms with van der Waals surface area (Å²) < 4.78 is 39.6. The molecule has 2 aromatic carbocycles. The second-order valence-electron chi connectivity index (χ2n) is 5.27. The van der Waals surface area contributed by atoms with Crippen LogP contribution in [0.4, 0.5) is 9.52 Å². The molecule has 1 aromatic heterocycles. The van der Waals surface area contributed by atoms with Crippen LogP contribution in [-0.2, 0) is 15.8 Å². The van der Waals surface area contributed by atoms with Gasteiger partial charge in [-0.1, -0.05) is 53.3 Å². The van der Waals surface area contributed by atoms with Gasteiger partial charge in [0.15, 0.2) is 0 Å². The number of rotatable bonds is 5. The van der Waals surface area contributed by atoms with Crippen LogP contribution in [0.15, 0.2) is 48.5 Å². The highest BCUT2D eigenvalue weighted by atomic mass is 32.2. The third-order valence-corrected chi connectivity index (χ3v) is 5.47. The Morgan fingerprint density at radius 2 is 1.71 bits per heavy atom. The summed E-state index contributed by atoms with van der Waals surface area (Å²) >= 11 is 1.16. The summed E-state index contributed by atoms with van der Waals surface area (Å²) in [7, 11) is -3.64. The summed E-state index contributed by atoms with van der Waals surface area (Å²) in [6, 6.07) is 13.1. The highest BCUT2D eigenvalue weighted by Crippen LogP contribution is 2.27. The van der Waals surface area contributed by atoms with Crippen LogP contribution in [0.3, 0.4) is 0 Å². The summed E-state index contributed by atoms with van der Waals surface area (Å²) in [4.78, 5) is 0. The Morgan fingerprint density at radius 3 is 2.38 bits per heavy atom. The van der Waals surface area contributed by atoms with E-state index in [-0.39, 0.29) is 10.9 Å². The normalized spacial score (nSPS) is 11.4. The standard InChI is InChI=1S/C16H14FN3O2S2/c1-11-2-6-13(7-3-11)15-18-19-16(23-15)20-24(21,22)10-12-4-8-14(17)9-5-12/h2-9H,10H2,1H3,(H,19,20). The van der Waals surface area contributed by atoms with Gasteiger partial charge in [0.2, 0.25) is 15.2 Å². The fourth-order valence-electron chi connectivity index (χ4n) is 2.05. The van der Waals surface area contributed by atoms with Crippen molar-refractivity contribution in [1.29, 1.82) is 0 Å². The van der Waals surface area contributed by atoms with Crippen LogP contribution in [0.1, 0.15) is 11.1 Å². The van der Waals surface area contributed by atoms with Crippen molar-refractivity contribution in [2.24, 2.45) is 0 Å². The van der Waals surface area contributed by atoms with Gasteiger partial charge >= 0.3 is 0 Å². The maximum atomic E-state index is 12.9. The Bertz CT molecular complexity index is 936. The van der Waals surface area contributed by atoms with Crippen LogP contribution >= 0.6 is 11.3 Å². The van der Waals surface area contributed by atoms with Crippen molar-refractivity contribution in [1.82, 2.24) is 10.2 Å². The van der Waals surface area contributed by atoms with Crippen LogP contribution in [0.25, 0.3) is 10.6 Å². The molecule has 24 heavy (non-hydrogen) atoms. The molecule has 0 atom stereocenters. The molecule has 0 unspecified atom stereocenters. The highest BCUT2D eigenvalue weighted by molar-refractivity contribution is 7.92. The molecular weight excluding hydrogens is 349 g/mol. The molecular formula is C16H14FN3O2S2. The molecule has 3 rings (SSSR count). The van der Waals surface area contributed by atoms with Gasteiger partial charge in [-0.25, -0.2) is 12.8 Å². The summed E-state index contributed by atoms with van der Waals surface area (Å²) in [5.74, 6) is -0.664. The van der Waals surface area contributed by atoms with Crippen molar-refractivity contribution in [3.05, 3.63) is 65.5 Å². The molecule has 0 saturated carbocycles. The van der Waals surface area contributed by atoms with Crippen molar-refractivity contribution >= 4 is 26.5 Å². The lowest BCUT2D eigenvalue weighted by Crippen LogP contribution is -2.14. The molecule has 5 nitrogen and oxygen atoms in total. The molecule has 0 aliphatic heterocycles. The number of hydrogen-bond acceptors (Lipinski definition) is 5. The number of benzene rings is 2. The third kappa shape index (κ3) is 4.15. The first kappa shape index (κ1) is 16.5. The van der Waals surface area contributed by atoms with E-state index in [0.29, 0.717) is 10.6 Å². The Morgan fingerprint density at radius 1 is 1.04 bits per heavy atom. The number of nitrogens with zero attached hydrogens (tertiary/aromatic N) is 2. The van der Waals surface area contributed by atoms with Crippen LogP contribution < -0.4 is 4.72 Å². The van der Waals surface area contributed by atoms with E-state index in [0.717, 1.165) is 22.5 Å². The zero-order chi connectivity index (χ0) is 17.2. The number of aromatic nitrogens is 2. The molecule has 1 heterocycles. The molecule has 8 heteroatoms. The molecule has 0 fully saturated rings. The average molecular weight is 363 g/mol. The van der Waals surface area contributed by atoms with Crippen LogP contribution in [0, 0.1) is 12.7 Å². The number of halogens is 1. The van der Waals surface area contributed by atoms with Gasteiger partial charge in [0.05, 0.1) is 5.75 Å². The predicted octanol–water partition coefficient (Wildman–Crippen LogP) is 3.59. The molecule has 3 aromatic rings. The Hall–Kier alpha value is -2.32. The SMILES string of the molecule is Cc1ccc(-c2nnc(NS(=O)(=O)Cc3ccc(F)cc3)s2)cc1. The second kappa shape index (κ2) is 6.66. The first-order chi connectivity index (χ1) is 11.4. The van der Waals surface area contributed by atoms with Crippen molar-refractivity contribution < 1.29 is 12.8 Å². The maximum Gasteiger partial charge on any atom is 0.238 e. The summed E-state index contributed by atoms with van der Waals surface area (Å²) in [6.07, 6.45) is 0. The van der Waals surface area contributed by atoms with Gasteiger partial charge in [-0.15, -0.1) is 10.2 Å². The fourth-order valence-corrected chi connectivity index (χ4v) is 4.20. The van der Waals surface area contributed by atoms with Crippen molar-refractivity contribution in [3.63, 3.8) is 0 Å². The monoisotopic (exact) mass is 363 g/mol. The van der Waals surface area contributed by atoms with E-state index < -0.39 is 15.8 Å². The van der Waals surface area contributed by atoms with Gasteiger partial charge < -0.3 is 0 Å². The Labute approximate surface area is 143 Å². The molecule has 0 amide bonds. The summed E-state index contributed by atoms with van der Waals surface area (Å²) in [6.45, 7) is 1.99. The number of sulfonamides is 1. The summed E-state index contributed by atoms with van der Waals surface area (Å²) in [5.41, 5.74) is 2.50. The molecule has 0 radical (unpaired) electrons. The van der Waals surface area contributed by atoms with Gasteiger partial charge in [-0.2, -0.15) is 0 Å². The van der Waals surface area contributed by atoms with E-state index in [1.807, 2.05) is 31.2 Å². The lowest BCUT2D eigenvalue weighted by atomic mass is 10.2. The second-order valence-corrected chi connectivity index (χ2v) is 7.97. The number of nitrogens with one attached hydrogen (secondary N) is 1. The van der Waals surface area contributed by atoms with Crippen molar-refractivity contribution in [2.45, 2.75) is 12.7 Å². The molecule has 124 valence electrons. The number of aryl methyl sites for hydroxylation is 1. The fraction of sp³-hybridized carbons (Fsp3) is 0.125. The zero-order valence-electron chi connectivity index (χ0n) is 12.7. The van der Waals surface area contributed by atoms with Crippen molar-refractivity contribution in [3.8, 4) is 10.6 Å². The van der Waals surface area contributed by atoms with Gasteiger partial charge in [0.25, 0.3) is 0 Å². The molecule has 0 saturated heterocycles. The molecule has 0 bridgehead atoms. The molecule has 1 N–H and O–H groups in total. The minimum atomic E-state index is -3.64. The van der Waals surface area contributed by atoms with Crippen LogP contribution in [-0.4, -0.2) is 18.6 Å². The highest BCUT2D eigenvalue weighted by Gasteiger charge is 2.15. The first-order valence-corrected chi connectivity index (χ1v) is 9.54. The molecule has 0 spiro atoms. The zero-order valence-corrected chi connectivity index (χ0v) is 14.4. The quantitative estimate of drug-likeness (QED) is 0.752. The van der Waals surface area contributed by atoms with Crippen LogP contribution in [0.5, 0.6) is 0 Å². The van der Waals surface area contributed by atoms with Gasteiger partial charge in [-0.3, -0.25) is 4.72 Å². The van der Waals surface area contributed by atoms with E-state index in [9.17, 15) is 12.8 Å². The van der Waals surface area contributed by atoms with E-state index in [2.05, 4.69) is 14.9 Å². The average Bonchev–Trinajstić information content (AvgIpc) is 2.98.